The van der Waals surface area contributed by atoms with Crippen molar-refractivity contribution in [2.24, 2.45) is 7.05 Å². The van der Waals surface area contributed by atoms with Gasteiger partial charge in [-0.1, -0.05) is 0 Å². The van der Waals surface area contributed by atoms with Crippen molar-refractivity contribution in [1.29, 1.82) is 0 Å². The van der Waals surface area contributed by atoms with E-state index in [1.807, 2.05) is 18.7 Å². The second kappa shape index (κ2) is 7.13. The Balaban J connectivity index is 2.42. The second-order valence-electron chi connectivity index (χ2n) is 4.49. The zero-order valence-corrected chi connectivity index (χ0v) is 12.5. The highest BCUT2D eigenvalue weighted by atomic mass is 79.9. The maximum Gasteiger partial charge on any atom is 0.0739 e. The van der Waals surface area contributed by atoms with E-state index in [2.05, 4.69) is 33.0 Å². The van der Waals surface area contributed by atoms with Crippen LogP contribution in [-0.4, -0.2) is 40.0 Å². The lowest BCUT2D eigenvalue weighted by atomic mass is 10.2. The minimum absolute atomic E-state index is 0.302. The Morgan fingerprint density at radius 3 is 2.59 bits per heavy atom. The van der Waals surface area contributed by atoms with E-state index >= 15 is 0 Å². The van der Waals surface area contributed by atoms with Gasteiger partial charge >= 0.3 is 0 Å². The number of hydrogen-bond acceptors (Lipinski definition) is 3. The average Bonchev–Trinajstić information content (AvgIpc) is 2.52. The van der Waals surface area contributed by atoms with E-state index in [9.17, 15) is 0 Å². The molecule has 98 valence electrons. The van der Waals surface area contributed by atoms with Gasteiger partial charge in [-0.3, -0.25) is 4.68 Å². The first-order valence-electron chi connectivity index (χ1n) is 6.03. The number of hydrogen-bond donors (Lipinski definition) is 1. The summed E-state index contributed by atoms with van der Waals surface area (Å²) in [7, 11) is 4.10. The van der Waals surface area contributed by atoms with Gasteiger partial charge in [0.2, 0.25) is 0 Å². The lowest BCUT2D eigenvalue weighted by Crippen LogP contribution is -2.21. The molecule has 1 heterocycles. The van der Waals surface area contributed by atoms with E-state index in [1.165, 1.54) is 5.69 Å². The summed E-state index contributed by atoms with van der Waals surface area (Å²) in [5, 5.41) is 13.1. The van der Waals surface area contributed by atoms with Crippen molar-refractivity contribution < 1.29 is 5.11 Å². The summed E-state index contributed by atoms with van der Waals surface area (Å²) in [4.78, 5) is 2.29. The van der Waals surface area contributed by atoms with Gasteiger partial charge in [0.15, 0.2) is 0 Å². The van der Waals surface area contributed by atoms with Crippen LogP contribution in [0.5, 0.6) is 0 Å². The molecule has 0 radical (unpaired) electrons. The Bertz CT molecular complexity index is 352. The van der Waals surface area contributed by atoms with Crippen LogP contribution in [0.4, 0.5) is 0 Å². The zero-order chi connectivity index (χ0) is 12.8. The van der Waals surface area contributed by atoms with Crippen molar-refractivity contribution in [3.63, 3.8) is 0 Å². The maximum absolute atomic E-state index is 8.71. The number of aliphatic hydroxyl groups excluding tert-OH is 1. The van der Waals surface area contributed by atoms with E-state index in [0.29, 0.717) is 6.61 Å². The molecular weight excluding hydrogens is 282 g/mol. The van der Waals surface area contributed by atoms with Gasteiger partial charge in [0.25, 0.3) is 0 Å². The van der Waals surface area contributed by atoms with Crippen LogP contribution in [0.3, 0.4) is 0 Å². The van der Waals surface area contributed by atoms with Gasteiger partial charge < -0.3 is 10.0 Å². The van der Waals surface area contributed by atoms with E-state index in [-0.39, 0.29) is 0 Å². The summed E-state index contributed by atoms with van der Waals surface area (Å²) < 4.78 is 3.05. The molecule has 5 heteroatoms. The average molecular weight is 304 g/mol. The molecule has 0 fully saturated rings. The number of nitrogens with zero attached hydrogens (tertiary/aromatic N) is 3. The predicted octanol–water partition coefficient (Wildman–Crippen LogP) is 2.09. The Morgan fingerprint density at radius 2 is 2.06 bits per heavy atom. The fraction of sp³-hybridized carbons (Fsp3) is 0.750. The van der Waals surface area contributed by atoms with Crippen molar-refractivity contribution in [2.75, 3.05) is 20.2 Å². The molecule has 0 bridgehead atoms. The van der Waals surface area contributed by atoms with Gasteiger partial charge in [-0.2, -0.15) is 5.10 Å². The SMILES string of the molecule is Cc1nn(C)c(CN(C)CCCCCO)c1Br. The summed E-state index contributed by atoms with van der Waals surface area (Å²) in [6, 6.07) is 0. The summed E-state index contributed by atoms with van der Waals surface area (Å²) >= 11 is 3.58. The van der Waals surface area contributed by atoms with E-state index in [0.717, 1.165) is 42.5 Å². The molecule has 17 heavy (non-hydrogen) atoms. The van der Waals surface area contributed by atoms with Gasteiger partial charge in [-0.25, -0.2) is 0 Å². The first-order valence-corrected chi connectivity index (χ1v) is 6.83. The summed E-state index contributed by atoms with van der Waals surface area (Å²) in [5.74, 6) is 0. The normalized spacial score (nSPS) is 11.4. The molecule has 0 aliphatic rings. The third-order valence-corrected chi connectivity index (χ3v) is 3.91. The van der Waals surface area contributed by atoms with Crippen molar-refractivity contribution in [3.8, 4) is 0 Å². The molecule has 0 unspecified atom stereocenters. The largest absolute Gasteiger partial charge is 0.396 e. The highest BCUT2D eigenvalue weighted by Gasteiger charge is 2.12. The van der Waals surface area contributed by atoms with Crippen LogP contribution < -0.4 is 0 Å². The third-order valence-electron chi connectivity index (χ3n) is 2.88. The van der Waals surface area contributed by atoms with Crippen molar-refractivity contribution >= 4 is 15.9 Å². The molecule has 0 saturated carbocycles. The van der Waals surface area contributed by atoms with Crippen LogP contribution in [0.1, 0.15) is 30.7 Å². The van der Waals surface area contributed by atoms with Crippen molar-refractivity contribution in [1.82, 2.24) is 14.7 Å². The van der Waals surface area contributed by atoms with Crippen LogP contribution >= 0.6 is 15.9 Å². The number of unbranched alkanes of at least 4 members (excludes halogenated alkanes) is 2. The second-order valence-corrected chi connectivity index (χ2v) is 5.28. The number of aryl methyl sites for hydroxylation is 2. The van der Waals surface area contributed by atoms with E-state index in [4.69, 9.17) is 5.11 Å². The summed E-state index contributed by atoms with van der Waals surface area (Å²) in [5.41, 5.74) is 2.25. The highest BCUT2D eigenvalue weighted by Crippen LogP contribution is 2.21. The monoisotopic (exact) mass is 303 g/mol. The Kier molecular flexibility index (Phi) is 6.16. The molecule has 4 nitrogen and oxygen atoms in total. The molecule has 1 aromatic rings. The maximum atomic E-state index is 8.71. The standard InChI is InChI=1S/C12H22BrN3O/c1-10-12(13)11(16(3)14-10)9-15(2)7-5-4-6-8-17/h17H,4-9H2,1-3H3. The van der Waals surface area contributed by atoms with Crippen molar-refractivity contribution in [2.45, 2.75) is 32.7 Å². The number of aliphatic hydroxyl groups is 1. The molecule has 0 aliphatic carbocycles. The van der Waals surface area contributed by atoms with Gasteiger partial charge in [-0.05, 0) is 55.7 Å². The third kappa shape index (κ3) is 4.41. The van der Waals surface area contributed by atoms with E-state index in [1.54, 1.807) is 0 Å². The first kappa shape index (κ1) is 14.7. The molecule has 1 N–H and O–H groups in total. The molecule has 0 saturated heterocycles. The summed E-state index contributed by atoms with van der Waals surface area (Å²) in [6.45, 7) is 4.26. The smallest absolute Gasteiger partial charge is 0.0739 e. The lowest BCUT2D eigenvalue weighted by Gasteiger charge is -2.16. The number of halogens is 1. The predicted molar refractivity (Wildman–Crippen MR) is 72.9 cm³/mol. The van der Waals surface area contributed by atoms with Crippen molar-refractivity contribution in [3.05, 3.63) is 15.9 Å². The van der Waals surface area contributed by atoms with Gasteiger partial charge in [0.05, 0.1) is 15.9 Å². The van der Waals surface area contributed by atoms with Gasteiger partial charge in [0, 0.05) is 20.2 Å². The minimum atomic E-state index is 0.302. The molecule has 0 spiro atoms. The minimum Gasteiger partial charge on any atom is -0.396 e. The molecule has 0 aliphatic heterocycles. The molecule has 0 amide bonds. The lowest BCUT2D eigenvalue weighted by molar-refractivity contribution is 0.269. The van der Waals surface area contributed by atoms with Crippen LogP contribution in [-0.2, 0) is 13.6 Å². The summed E-state index contributed by atoms with van der Waals surface area (Å²) in [6.07, 6.45) is 3.13. The zero-order valence-electron chi connectivity index (χ0n) is 10.9. The molecule has 1 rings (SSSR count). The first-order chi connectivity index (χ1) is 8.06. The van der Waals surface area contributed by atoms with Gasteiger partial charge in [-0.15, -0.1) is 0 Å². The van der Waals surface area contributed by atoms with Gasteiger partial charge in [0.1, 0.15) is 0 Å². The van der Waals surface area contributed by atoms with E-state index < -0.39 is 0 Å². The highest BCUT2D eigenvalue weighted by molar-refractivity contribution is 9.10. The van der Waals surface area contributed by atoms with Crippen LogP contribution in [0.2, 0.25) is 0 Å². The number of aromatic nitrogens is 2. The number of rotatable bonds is 7. The topological polar surface area (TPSA) is 41.3 Å². The Hall–Kier alpha value is -0.390. The molecular formula is C12H22BrN3O. The molecule has 0 aromatic carbocycles. The van der Waals surface area contributed by atoms with Crippen LogP contribution in [0, 0.1) is 6.92 Å². The van der Waals surface area contributed by atoms with Crippen LogP contribution in [0.15, 0.2) is 4.47 Å². The Labute approximate surface area is 112 Å². The fourth-order valence-electron chi connectivity index (χ4n) is 1.86. The Morgan fingerprint density at radius 1 is 1.35 bits per heavy atom. The fourth-order valence-corrected chi connectivity index (χ4v) is 2.32. The quantitative estimate of drug-likeness (QED) is 0.784. The van der Waals surface area contributed by atoms with Crippen LogP contribution in [0.25, 0.3) is 0 Å². The molecule has 0 atom stereocenters. The molecule has 1 aromatic heterocycles.